The van der Waals surface area contributed by atoms with Gasteiger partial charge in [-0.15, -0.1) is 0 Å². The van der Waals surface area contributed by atoms with Crippen LogP contribution in [-0.4, -0.2) is 38.0 Å². The van der Waals surface area contributed by atoms with E-state index >= 15 is 0 Å². The highest BCUT2D eigenvalue weighted by Gasteiger charge is 2.56. The third kappa shape index (κ3) is 11.9. The maximum atomic E-state index is 12.7. The van der Waals surface area contributed by atoms with E-state index in [1.54, 1.807) is 0 Å². The molecule has 1 heterocycles. The van der Waals surface area contributed by atoms with E-state index in [2.05, 4.69) is 0 Å². The first-order chi connectivity index (χ1) is 12.8. The van der Waals surface area contributed by atoms with Crippen molar-refractivity contribution >= 4 is 0 Å². The number of hydrogen-bond acceptors (Lipinski definition) is 2. The summed E-state index contributed by atoms with van der Waals surface area (Å²) in [6.07, 6.45) is 5.75. The zero-order valence-corrected chi connectivity index (χ0v) is 16.3. The summed E-state index contributed by atoms with van der Waals surface area (Å²) in [5.41, 5.74) is 0. The van der Waals surface area contributed by atoms with Crippen molar-refractivity contribution in [3.8, 4) is 0 Å². The molecule has 1 aliphatic heterocycles. The Labute approximate surface area is 160 Å². The highest BCUT2D eigenvalue weighted by molar-refractivity contribution is 4.75. The van der Waals surface area contributed by atoms with Gasteiger partial charge in [-0.05, 0) is 38.5 Å². The van der Waals surface area contributed by atoms with Crippen LogP contribution in [-0.2, 0) is 9.47 Å². The van der Waals surface area contributed by atoms with Crippen LogP contribution in [0.3, 0.4) is 0 Å². The lowest BCUT2D eigenvalue weighted by Crippen LogP contribution is -2.36. The second kappa shape index (κ2) is 13.7. The second-order valence-corrected chi connectivity index (χ2v) is 7.52. The van der Waals surface area contributed by atoms with E-state index in [9.17, 15) is 22.0 Å². The van der Waals surface area contributed by atoms with Gasteiger partial charge in [-0.2, -0.15) is 22.0 Å². The van der Waals surface area contributed by atoms with Gasteiger partial charge in [0.1, 0.15) is 0 Å². The van der Waals surface area contributed by atoms with Crippen LogP contribution in [0.5, 0.6) is 0 Å². The van der Waals surface area contributed by atoms with Crippen molar-refractivity contribution in [1.29, 1.82) is 0 Å². The molecule has 0 aliphatic carbocycles. The summed E-state index contributed by atoms with van der Waals surface area (Å²) in [6, 6.07) is 0. The van der Waals surface area contributed by atoms with Crippen LogP contribution in [0.4, 0.5) is 22.0 Å². The average molecular weight is 402 g/mol. The maximum Gasteiger partial charge on any atom is 0.453 e. The Morgan fingerprint density at radius 2 is 1.33 bits per heavy atom. The van der Waals surface area contributed by atoms with Gasteiger partial charge in [0.05, 0.1) is 6.10 Å². The van der Waals surface area contributed by atoms with Gasteiger partial charge < -0.3 is 9.47 Å². The minimum absolute atomic E-state index is 0.0737. The van der Waals surface area contributed by atoms with Gasteiger partial charge in [0, 0.05) is 26.2 Å². The predicted octanol–water partition coefficient (Wildman–Crippen LogP) is 7.06. The molecule has 1 rings (SSSR count). The van der Waals surface area contributed by atoms with Crippen LogP contribution in [0, 0.1) is 0 Å². The lowest BCUT2D eigenvalue weighted by molar-refractivity contribution is -0.284. The molecule has 0 saturated carbocycles. The molecule has 1 fully saturated rings. The Hall–Kier alpha value is -0.430. The third-order valence-corrected chi connectivity index (χ3v) is 5.05. The molecule has 0 aromatic carbocycles. The van der Waals surface area contributed by atoms with Gasteiger partial charge in [0.25, 0.3) is 0 Å². The van der Waals surface area contributed by atoms with Crippen LogP contribution in [0.15, 0.2) is 0 Å². The summed E-state index contributed by atoms with van der Waals surface area (Å²) < 4.78 is 72.7. The highest BCUT2D eigenvalue weighted by Crippen LogP contribution is 2.39. The normalized spacial score (nSPS) is 18.8. The molecule has 27 heavy (non-hydrogen) atoms. The number of halogens is 5. The van der Waals surface area contributed by atoms with E-state index in [1.165, 1.54) is 12.8 Å². The molecule has 1 saturated heterocycles. The lowest BCUT2D eigenvalue weighted by Gasteiger charge is -2.22. The standard InChI is InChI=1S/C20H35F5O2/c21-19(22,20(23,24)25)14-9-6-4-2-1-3-5-7-10-15-26-17-13-18-12-8-11-16-27-18/h18H,1-17H2. The van der Waals surface area contributed by atoms with Crippen molar-refractivity contribution in [2.45, 2.75) is 108 Å². The molecule has 1 aliphatic rings. The summed E-state index contributed by atoms with van der Waals surface area (Å²) in [7, 11) is 0. The molecule has 0 bridgehead atoms. The van der Waals surface area contributed by atoms with Gasteiger partial charge in [0.15, 0.2) is 0 Å². The highest BCUT2D eigenvalue weighted by atomic mass is 19.4. The van der Waals surface area contributed by atoms with Crippen molar-refractivity contribution in [3.63, 3.8) is 0 Å². The lowest BCUT2D eigenvalue weighted by atomic mass is 10.0. The van der Waals surface area contributed by atoms with Crippen LogP contribution in [0.2, 0.25) is 0 Å². The van der Waals surface area contributed by atoms with E-state index in [-0.39, 0.29) is 6.42 Å². The Bertz CT molecular complexity index is 355. The van der Waals surface area contributed by atoms with Gasteiger partial charge >= 0.3 is 12.1 Å². The summed E-state index contributed by atoms with van der Waals surface area (Å²) >= 11 is 0. The number of ether oxygens (including phenoxy) is 2. The van der Waals surface area contributed by atoms with Crippen LogP contribution in [0.1, 0.15) is 89.9 Å². The molecule has 1 unspecified atom stereocenters. The minimum Gasteiger partial charge on any atom is -0.381 e. The van der Waals surface area contributed by atoms with Crippen molar-refractivity contribution < 1.29 is 31.4 Å². The zero-order valence-electron chi connectivity index (χ0n) is 16.3. The summed E-state index contributed by atoms with van der Waals surface area (Å²) in [5.74, 6) is -4.54. The fraction of sp³-hybridized carbons (Fsp3) is 1.00. The minimum atomic E-state index is -5.42. The molecule has 0 amide bonds. The number of alkyl halides is 5. The number of unbranched alkanes of at least 4 members (excludes halogenated alkanes) is 8. The van der Waals surface area contributed by atoms with E-state index in [0.29, 0.717) is 12.5 Å². The van der Waals surface area contributed by atoms with Gasteiger partial charge in [0.2, 0.25) is 0 Å². The molecule has 162 valence electrons. The SMILES string of the molecule is FC(F)(F)C(F)(F)CCCCCCCCCCCOCCC1CCCCO1. The largest absolute Gasteiger partial charge is 0.453 e. The van der Waals surface area contributed by atoms with Crippen LogP contribution in [0.25, 0.3) is 0 Å². The second-order valence-electron chi connectivity index (χ2n) is 7.52. The predicted molar refractivity (Wildman–Crippen MR) is 96.2 cm³/mol. The Balaban J connectivity index is 1.78. The van der Waals surface area contributed by atoms with Gasteiger partial charge in [-0.3, -0.25) is 0 Å². The molecule has 7 heteroatoms. The molecular weight excluding hydrogens is 367 g/mol. The Morgan fingerprint density at radius 3 is 1.89 bits per heavy atom. The van der Waals surface area contributed by atoms with Crippen molar-refractivity contribution in [2.24, 2.45) is 0 Å². The molecule has 0 aromatic heterocycles. The van der Waals surface area contributed by atoms with E-state index in [0.717, 1.165) is 77.6 Å². The maximum absolute atomic E-state index is 12.7. The molecule has 0 spiro atoms. The molecular formula is C20H35F5O2. The molecule has 0 aromatic rings. The Morgan fingerprint density at radius 1 is 0.741 bits per heavy atom. The smallest absolute Gasteiger partial charge is 0.381 e. The monoisotopic (exact) mass is 402 g/mol. The fourth-order valence-electron chi connectivity index (χ4n) is 3.28. The Kier molecular flexibility index (Phi) is 12.5. The zero-order chi connectivity index (χ0) is 20.0. The third-order valence-electron chi connectivity index (χ3n) is 5.05. The van der Waals surface area contributed by atoms with Crippen LogP contribution >= 0.6 is 0 Å². The number of rotatable bonds is 15. The number of hydrogen-bond donors (Lipinski definition) is 0. The molecule has 2 nitrogen and oxygen atoms in total. The first-order valence-corrected chi connectivity index (χ1v) is 10.5. The summed E-state index contributed by atoms with van der Waals surface area (Å²) in [5, 5.41) is 0. The van der Waals surface area contributed by atoms with Crippen molar-refractivity contribution in [1.82, 2.24) is 0 Å². The fourth-order valence-corrected chi connectivity index (χ4v) is 3.28. The molecule has 0 N–H and O–H groups in total. The van der Waals surface area contributed by atoms with Gasteiger partial charge in [-0.1, -0.05) is 44.9 Å². The van der Waals surface area contributed by atoms with Crippen LogP contribution < -0.4 is 0 Å². The summed E-state index contributed by atoms with van der Waals surface area (Å²) in [4.78, 5) is 0. The molecule has 0 radical (unpaired) electrons. The molecule has 1 atom stereocenters. The van der Waals surface area contributed by atoms with E-state index in [1.807, 2.05) is 0 Å². The van der Waals surface area contributed by atoms with E-state index in [4.69, 9.17) is 9.47 Å². The summed E-state index contributed by atoms with van der Waals surface area (Å²) in [6.45, 7) is 2.42. The average Bonchev–Trinajstić information content (AvgIpc) is 2.62. The van der Waals surface area contributed by atoms with Crippen molar-refractivity contribution in [3.05, 3.63) is 0 Å². The topological polar surface area (TPSA) is 18.5 Å². The van der Waals surface area contributed by atoms with Crippen molar-refractivity contribution in [2.75, 3.05) is 19.8 Å². The first kappa shape index (κ1) is 24.6. The van der Waals surface area contributed by atoms with E-state index < -0.39 is 18.5 Å². The first-order valence-electron chi connectivity index (χ1n) is 10.5. The quantitative estimate of drug-likeness (QED) is 0.216. The van der Waals surface area contributed by atoms with Gasteiger partial charge in [-0.25, -0.2) is 0 Å².